The van der Waals surface area contributed by atoms with Crippen LogP contribution in [0.15, 0.2) is 18.2 Å². The lowest BCUT2D eigenvalue weighted by Crippen LogP contribution is -2.23. The molecule has 2 nitrogen and oxygen atoms in total. The second-order valence-electron chi connectivity index (χ2n) is 6.90. The topological polar surface area (TPSA) is 29.1 Å². The summed E-state index contributed by atoms with van der Waals surface area (Å²) >= 11 is 12.1. The Hall–Kier alpha value is -0.300. The first-order valence-electron chi connectivity index (χ1n) is 9.56. The number of anilines is 1. The maximum absolute atomic E-state index is 12.8. The van der Waals surface area contributed by atoms with Gasteiger partial charge in [0.2, 0.25) is 0 Å². The van der Waals surface area contributed by atoms with Crippen molar-refractivity contribution in [3.8, 4) is 0 Å². The zero-order valence-corrected chi connectivity index (χ0v) is 18.3. The molecule has 0 aliphatic rings. The van der Waals surface area contributed by atoms with Crippen molar-refractivity contribution in [3.63, 3.8) is 0 Å². The number of halogens is 2. The minimum atomic E-state index is -1.24. The summed E-state index contributed by atoms with van der Waals surface area (Å²) in [5.74, 6) is 0.112. The molecule has 25 heavy (non-hydrogen) atoms. The molecule has 1 N–H and O–H groups in total. The molecular formula is C20H33Cl2NOP+. The molecule has 0 bridgehead atoms. The van der Waals surface area contributed by atoms with E-state index in [2.05, 4.69) is 26.1 Å². The summed E-state index contributed by atoms with van der Waals surface area (Å²) in [6.07, 6.45) is 11.7. The lowest BCUT2D eigenvalue weighted by molar-refractivity contribution is -0.113. The molecule has 1 rings (SSSR count). The number of benzene rings is 1. The minimum Gasteiger partial charge on any atom is -0.322 e. The average Bonchev–Trinajstić information content (AvgIpc) is 2.58. The predicted octanol–water partition coefficient (Wildman–Crippen LogP) is 7.35. The molecule has 5 heteroatoms. The first-order valence-corrected chi connectivity index (χ1v) is 12.8. The molecular weight excluding hydrogens is 372 g/mol. The van der Waals surface area contributed by atoms with E-state index < -0.39 is 7.26 Å². The third-order valence-electron chi connectivity index (χ3n) is 4.64. The summed E-state index contributed by atoms with van der Waals surface area (Å²) in [7, 11) is -1.24. The van der Waals surface area contributed by atoms with Gasteiger partial charge in [0.1, 0.15) is 6.16 Å². The molecule has 0 heterocycles. The molecule has 142 valence electrons. The summed E-state index contributed by atoms with van der Waals surface area (Å²) in [5, 5.41) is 4.10. The number of amides is 1. The van der Waals surface area contributed by atoms with Gasteiger partial charge in [-0.25, -0.2) is 0 Å². The molecule has 0 spiro atoms. The van der Waals surface area contributed by atoms with Crippen molar-refractivity contribution in [1.82, 2.24) is 0 Å². The van der Waals surface area contributed by atoms with Gasteiger partial charge in [-0.2, -0.15) is 0 Å². The number of hydrogen-bond acceptors (Lipinski definition) is 1. The van der Waals surface area contributed by atoms with E-state index in [0.29, 0.717) is 21.9 Å². The van der Waals surface area contributed by atoms with Crippen molar-refractivity contribution in [3.05, 3.63) is 28.2 Å². The van der Waals surface area contributed by atoms with Crippen LogP contribution in [-0.4, -0.2) is 30.6 Å². The van der Waals surface area contributed by atoms with Gasteiger partial charge >= 0.3 is 0 Å². The van der Waals surface area contributed by atoms with Crippen LogP contribution in [0.3, 0.4) is 0 Å². The summed E-state index contributed by atoms with van der Waals surface area (Å²) in [4.78, 5) is 12.8. The molecule has 0 saturated heterocycles. The highest BCUT2D eigenvalue weighted by molar-refractivity contribution is 7.76. The van der Waals surface area contributed by atoms with Gasteiger partial charge in [-0.15, -0.1) is 0 Å². The first kappa shape index (κ1) is 22.7. The van der Waals surface area contributed by atoms with E-state index >= 15 is 0 Å². The summed E-state index contributed by atoms with van der Waals surface area (Å²) < 4.78 is 0. The fourth-order valence-electron chi connectivity index (χ4n) is 3.14. The fourth-order valence-corrected chi connectivity index (χ4v) is 8.39. The van der Waals surface area contributed by atoms with Crippen molar-refractivity contribution in [1.29, 1.82) is 0 Å². The van der Waals surface area contributed by atoms with Gasteiger partial charge in [0.15, 0.2) is 0 Å². The average molecular weight is 405 g/mol. The van der Waals surface area contributed by atoms with Crippen LogP contribution in [0.25, 0.3) is 0 Å². The lowest BCUT2D eigenvalue weighted by atomic mass is 10.3. The van der Waals surface area contributed by atoms with Gasteiger partial charge in [-0.3, -0.25) is 4.79 Å². The Bertz CT molecular complexity index is 515. The first-order chi connectivity index (χ1) is 12.0. The maximum atomic E-state index is 12.8. The van der Waals surface area contributed by atoms with Gasteiger partial charge in [0, 0.05) is 12.3 Å². The Morgan fingerprint density at radius 3 is 1.92 bits per heavy atom. The molecule has 0 fully saturated rings. The van der Waals surface area contributed by atoms with Gasteiger partial charge in [-0.1, -0.05) is 63.2 Å². The van der Waals surface area contributed by atoms with E-state index in [9.17, 15) is 4.79 Å². The van der Waals surface area contributed by atoms with Crippen LogP contribution >= 0.6 is 30.5 Å². The van der Waals surface area contributed by atoms with Crippen LogP contribution < -0.4 is 5.32 Å². The van der Waals surface area contributed by atoms with Crippen molar-refractivity contribution >= 4 is 42.1 Å². The molecule has 0 atom stereocenters. The number of unbranched alkanes of at least 4 members (excludes halogenated alkanes) is 3. The summed E-state index contributed by atoms with van der Waals surface area (Å²) in [5.41, 5.74) is 0.663. The molecule has 1 amide bonds. The quantitative estimate of drug-likeness (QED) is 0.362. The van der Waals surface area contributed by atoms with E-state index in [-0.39, 0.29) is 5.91 Å². The third-order valence-corrected chi connectivity index (χ3v) is 9.94. The zero-order chi connectivity index (χ0) is 18.7. The minimum absolute atomic E-state index is 0.112. The van der Waals surface area contributed by atoms with E-state index in [4.69, 9.17) is 23.2 Å². The molecule has 0 unspecified atom stereocenters. The van der Waals surface area contributed by atoms with Gasteiger partial charge < -0.3 is 5.32 Å². The summed E-state index contributed by atoms with van der Waals surface area (Å²) in [6.45, 7) is 6.71. The Morgan fingerprint density at radius 1 is 0.960 bits per heavy atom. The van der Waals surface area contributed by atoms with Crippen LogP contribution in [0.5, 0.6) is 0 Å². The normalized spacial score (nSPS) is 11.6. The second kappa shape index (κ2) is 12.2. The molecule has 0 aliphatic carbocycles. The monoisotopic (exact) mass is 404 g/mol. The highest BCUT2D eigenvalue weighted by Crippen LogP contribution is 2.60. The number of rotatable bonds is 12. The van der Waals surface area contributed by atoms with Crippen LogP contribution in [0.4, 0.5) is 5.69 Å². The molecule has 0 aliphatic heterocycles. The Labute approximate surface area is 164 Å². The number of carbonyl (C=O) groups is 1. The second-order valence-corrected chi connectivity index (χ2v) is 12.1. The Morgan fingerprint density at radius 2 is 1.48 bits per heavy atom. The molecule has 0 aromatic heterocycles. The van der Waals surface area contributed by atoms with Crippen LogP contribution in [0.2, 0.25) is 10.0 Å². The van der Waals surface area contributed by atoms with Gasteiger partial charge in [0.05, 0.1) is 29.2 Å². The molecule has 1 aromatic carbocycles. The number of nitrogens with one attached hydrogen (secondary N) is 1. The fraction of sp³-hybridized carbons (Fsp3) is 0.650. The molecule has 0 saturated carbocycles. The van der Waals surface area contributed by atoms with Crippen molar-refractivity contribution in [2.24, 2.45) is 0 Å². The van der Waals surface area contributed by atoms with Gasteiger partial charge in [0.25, 0.3) is 5.91 Å². The highest BCUT2D eigenvalue weighted by Gasteiger charge is 2.38. The van der Waals surface area contributed by atoms with Crippen LogP contribution in [0, 0.1) is 0 Å². The van der Waals surface area contributed by atoms with Crippen molar-refractivity contribution in [2.45, 2.75) is 59.3 Å². The van der Waals surface area contributed by atoms with Crippen LogP contribution in [-0.2, 0) is 4.79 Å². The largest absolute Gasteiger partial charge is 0.322 e. The molecule has 0 radical (unpaired) electrons. The SMILES string of the molecule is CCCC[P+](CCCC)(CCCC)CC(=O)Nc1ccc(Cl)cc1Cl. The number of carbonyl (C=O) groups excluding carboxylic acids is 1. The lowest BCUT2D eigenvalue weighted by Gasteiger charge is -2.27. The van der Waals surface area contributed by atoms with Crippen LogP contribution in [0.1, 0.15) is 59.3 Å². The van der Waals surface area contributed by atoms with E-state index in [1.165, 1.54) is 57.0 Å². The van der Waals surface area contributed by atoms with Crippen molar-refractivity contribution in [2.75, 3.05) is 30.0 Å². The smallest absolute Gasteiger partial charge is 0.261 e. The summed E-state index contributed by atoms with van der Waals surface area (Å²) in [6, 6.07) is 5.22. The highest BCUT2D eigenvalue weighted by atomic mass is 35.5. The van der Waals surface area contributed by atoms with Crippen molar-refractivity contribution < 1.29 is 4.79 Å². The Kier molecular flexibility index (Phi) is 11.1. The van der Waals surface area contributed by atoms with E-state index in [1.807, 2.05) is 0 Å². The number of hydrogen-bond donors (Lipinski definition) is 1. The van der Waals surface area contributed by atoms with E-state index in [0.717, 1.165) is 0 Å². The van der Waals surface area contributed by atoms with Gasteiger partial charge in [-0.05, 0) is 37.5 Å². The predicted molar refractivity (Wildman–Crippen MR) is 116 cm³/mol. The standard InChI is InChI=1S/C20H32Cl2NOP/c1-4-7-12-25(13-8-5-2,14-9-6-3)16-20(24)23-19-11-10-17(21)15-18(19)22/h10-11,15H,4-9,12-14,16H2,1-3H3/p+1. The molecule has 1 aromatic rings. The Balaban J connectivity index is 2.86. The zero-order valence-electron chi connectivity index (χ0n) is 15.9. The van der Waals surface area contributed by atoms with E-state index in [1.54, 1.807) is 18.2 Å². The third kappa shape index (κ3) is 8.29. The maximum Gasteiger partial charge on any atom is 0.261 e.